The first kappa shape index (κ1) is 21.8. The van der Waals surface area contributed by atoms with Crippen LogP contribution >= 0.6 is 11.8 Å². The van der Waals surface area contributed by atoms with Crippen LogP contribution in [0.2, 0.25) is 0 Å². The lowest BCUT2D eigenvalue weighted by atomic mass is 10.1. The summed E-state index contributed by atoms with van der Waals surface area (Å²) < 4.78 is 42.6. The highest BCUT2D eigenvalue weighted by atomic mass is 32.2. The largest absolute Gasteiger partial charge is 0.416 e. The van der Waals surface area contributed by atoms with Crippen LogP contribution in [-0.4, -0.2) is 31.4 Å². The first-order chi connectivity index (χ1) is 13.3. The highest BCUT2D eigenvalue weighted by Crippen LogP contribution is 2.29. The average Bonchev–Trinajstić information content (AvgIpc) is 2.66. The average molecular weight is 412 g/mol. The van der Waals surface area contributed by atoms with Gasteiger partial charge >= 0.3 is 6.18 Å². The summed E-state index contributed by atoms with van der Waals surface area (Å²) in [5.41, 5.74) is 0.502. The third-order valence-corrected chi connectivity index (χ3v) is 4.49. The Kier molecular flexibility index (Phi) is 7.89. The van der Waals surface area contributed by atoms with Crippen LogP contribution in [0.15, 0.2) is 48.5 Å². The molecule has 0 fully saturated rings. The molecule has 5 nitrogen and oxygen atoms in total. The van der Waals surface area contributed by atoms with Gasteiger partial charge in [-0.25, -0.2) is 0 Å². The van der Waals surface area contributed by atoms with Gasteiger partial charge in [0.1, 0.15) is 0 Å². The van der Waals surface area contributed by atoms with Gasteiger partial charge in [-0.1, -0.05) is 36.0 Å². The van der Waals surface area contributed by atoms with E-state index < -0.39 is 17.0 Å². The molecule has 150 valence electrons. The zero-order valence-corrected chi connectivity index (χ0v) is 15.8. The summed E-state index contributed by atoms with van der Waals surface area (Å²) in [7, 11) is 1.52. The molecule has 0 unspecified atom stereocenters. The van der Waals surface area contributed by atoms with Gasteiger partial charge in [0.25, 0.3) is 11.1 Å². The van der Waals surface area contributed by atoms with Crippen LogP contribution in [0.4, 0.5) is 23.7 Å². The third kappa shape index (κ3) is 6.58. The fourth-order valence-electron chi connectivity index (χ4n) is 2.24. The monoisotopic (exact) mass is 412 g/mol. The van der Waals surface area contributed by atoms with Crippen molar-refractivity contribution in [2.24, 2.45) is 0 Å². The van der Waals surface area contributed by atoms with E-state index in [9.17, 15) is 22.8 Å². The Morgan fingerprint density at radius 2 is 1.75 bits per heavy atom. The van der Waals surface area contributed by atoms with Crippen LogP contribution in [0.1, 0.15) is 21.5 Å². The molecule has 9 heteroatoms. The summed E-state index contributed by atoms with van der Waals surface area (Å²) in [4.78, 5) is 24.4. The van der Waals surface area contributed by atoms with Crippen molar-refractivity contribution in [3.05, 3.63) is 65.2 Å². The van der Waals surface area contributed by atoms with Gasteiger partial charge in [-0.05, 0) is 29.8 Å². The molecule has 0 aliphatic carbocycles. The number of carbonyl (C=O) groups excluding carboxylic acids is 2. The molecule has 0 saturated heterocycles. The SMILES string of the molecule is COCCNC(=O)c1ccccc1NC(=O)SCc1ccc(C(F)(F)F)cc1. The van der Waals surface area contributed by atoms with E-state index in [1.807, 2.05) is 0 Å². The van der Waals surface area contributed by atoms with E-state index in [1.165, 1.54) is 19.2 Å². The van der Waals surface area contributed by atoms with Crippen molar-refractivity contribution in [2.45, 2.75) is 11.9 Å². The number of nitrogens with one attached hydrogen (secondary N) is 2. The van der Waals surface area contributed by atoms with Crippen molar-refractivity contribution in [2.75, 3.05) is 25.6 Å². The van der Waals surface area contributed by atoms with Gasteiger partial charge < -0.3 is 15.4 Å². The Hall–Kier alpha value is -2.52. The smallest absolute Gasteiger partial charge is 0.383 e. The molecule has 0 radical (unpaired) electrons. The second-order valence-corrected chi connectivity index (χ2v) is 6.64. The maximum atomic E-state index is 12.6. The van der Waals surface area contributed by atoms with E-state index in [4.69, 9.17) is 4.74 Å². The van der Waals surface area contributed by atoms with Crippen LogP contribution < -0.4 is 10.6 Å². The molecule has 0 atom stereocenters. The predicted octanol–water partition coefficient (Wildman–Crippen LogP) is 4.55. The minimum Gasteiger partial charge on any atom is -0.383 e. The second-order valence-electron chi connectivity index (χ2n) is 5.69. The number of methoxy groups -OCH3 is 1. The van der Waals surface area contributed by atoms with Gasteiger partial charge in [0, 0.05) is 19.4 Å². The number of anilines is 1. The normalized spacial score (nSPS) is 11.1. The van der Waals surface area contributed by atoms with Crippen LogP contribution in [-0.2, 0) is 16.7 Å². The fourth-order valence-corrected chi connectivity index (χ4v) is 2.91. The maximum absolute atomic E-state index is 12.6. The molecule has 2 aromatic rings. The Labute approximate surface area is 164 Å². The third-order valence-electron chi connectivity index (χ3n) is 3.65. The summed E-state index contributed by atoms with van der Waals surface area (Å²) in [6, 6.07) is 11.2. The summed E-state index contributed by atoms with van der Waals surface area (Å²) in [5.74, 6) is -0.146. The summed E-state index contributed by atoms with van der Waals surface area (Å²) in [5, 5.41) is 4.90. The molecule has 0 aromatic heterocycles. The number of thioether (sulfide) groups is 1. The van der Waals surface area contributed by atoms with E-state index in [0.29, 0.717) is 30.0 Å². The van der Waals surface area contributed by atoms with Crippen molar-refractivity contribution in [1.29, 1.82) is 0 Å². The number of amides is 2. The first-order valence-electron chi connectivity index (χ1n) is 8.27. The number of hydrogen-bond acceptors (Lipinski definition) is 4. The summed E-state index contributed by atoms with van der Waals surface area (Å²) in [6.07, 6.45) is -4.39. The predicted molar refractivity (Wildman–Crippen MR) is 102 cm³/mol. The van der Waals surface area contributed by atoms with Gasteiger partial charge in [0.05, 0.1) is 23.4 Å². The standard InChI is InChI=1S/C19H19F3N2O3S/c1-27-11-10-23-17(25)15-4-2-3-5-16(15)24-18(26)28-12-13-6-8-14(9-7-13)19(20,21)22/h2-9H,10-12H2,1H3,(H,23,25)(H,24,26). The Bertz CT molecular complexity index is 811. The Balaban J connectivity index is 1.93. The molecule has 0 bridgehead atoms. The number of carbonyl (C=O) groups is 2. The molecule has 2 amide bonds. The zero-order chi connectivity index (χ0) is 20.6. The Morgan fingerprint density at radius 1 is 1.07 bits per heavy atom. The van der Waals surface area contributed by atoms with E-state index in [0.717, 1.165) is 23.9 Å². The Morgan fingerprint density at radius 3 is 2.39 bits per heavy atom. The van der Waals surface area contributed by atoms with Crippen LogP contribution in [0.3, 0.4) is 0 Å². The van der Waals surface area contributed by atoms with Gasteiger partial charge in [-0.15, -0.1) is 0 Å². The van der Waals surface area contributed by atoms with Crippen molar-refractivity contribution in [1.82, 2.24) is 5.32 Å². The lowest BCUT2D eigenvalue weighted by Crippen LogP contribution is -2.27. The number of benzene rings is 2. The van der Waals surface area contributed by atoms with Crippen molar-refractivity contribution in [3.8, 4) is 0 Å². The summed E-state index contributed by atoms with van der Waals surface area (Å²) in [6.45, 7) is 0.698. The molecule has 2 aromatic carbocycles. The van der Waals surface area contributed by atoms with Crippen molar-refractivity contribution in [3.63, 3.8) is 0 Å². The van der Waals surface area contributed by atoms with Gasteiger partial charge in [0.2, 0.25) is 0 Å². The molecule has 0 spiro atoms. The van der Waals surface area contributed by atoms with Gasteiger partial charge in [-0.3, -0.25) is 9.59 Å². The highest BCUT2D eigenvalue weighted by Gasteiger charge is 2.29. The maximum Gasteiger partial charge on any atom is 0.416 e. The molecule has 0 aliphatic rings. The first-order valence-corrected chi connectivity index (χ1v) is 9.26. The molecular formula is C19H19F3N2O3S. The van der Waals surface area contributed by atoms with Gasteiger partial charge in [-0.2, -0.15) is 13.2 Å². The minimum atomic E-state index is -4.39. The number of alkyl halides is 3. The number of hydrogen-bond donors (Lipinski definition) is 2. The van der Waals surface area contributed by atoms with Crippen LogP contribution in [0, 0.1) is 0 Å². The number of ether oxygens (including phenoxy) is 1. The van der Waals surface area contributed by atoms with Crippen molar-refractivity contribution >= 4 is 28.6 Å². The van der Waals surface area contributed by atoms with Crippen LogP contribution in [0.5, 0.6) is 0 Å². The molecule has 0 heterocycles. The fraction of sp³-hybridized carbons (Fsp3) is 0.263. The van der Waals surface area contributed by atoms with E-state index in [-0.39, 0.29) is 11.7 Å². The molecule has 0 saturated carbocycles. The van der Waals surface area contributed by atoms with E-state index in [1.54, 1.807) is 24.3 Å². The highest BCUT2D eigenvalue weighted by molar-refractivity contribution is 8.13. The number of halogens is 3. The van der Waals surface area contributed by atoms with E-state index in [2.05, 4.69) is 10.6 Å². The lowest BCUT2D eigenvalue weighted by molar-refractivity contribution is -0.137. The number of rotatable bonds is 7. The molecule has 2 rings (SSSR count). The quantitative estimate of drug-likeness (QED) is 0.655. The molecule has 28 heavy (non-hydrogen) atoms. The molecule has 2 N–H and O–H groups in total. The van der Waals surface area contributed by atoms with Crippen molar-refractivity contribution < 1.29 is 27.5 Å². The van der Waals surface area contributed by atoms with Crippen LogP contribution in [0.25, 0.3) is 0 Å². The zero-order valence-electron chi connectivity index (χ0n) is 15.0. The number of para-hydroxylation sites is 1. The summed E-state index contributed by atoms with van der Waals surface area (Å²) >= 11 is 0.897. The molecule has 0 aliphatic heterocycles. The topological polar surface area (TPSA) is 67.4 Å². The minimum absolute atomic E-state index is 0.201. The van der Waals surface area contributed by atoms with Gasteiger partial charge in [0.15, 0.2) is 0 Å². The molecular weight excluding hydrogens is 393 g/mol. The second kappa shape index (κ2) is 10.1. The van der Waals surface area contributed by atoms with E-state index >= 15 is 0 Å². The lowest BCUT2D eigenvalue weighted by Gasteiger charge is -2.11.